The zero-order chi connectivity index (χ0) is 8.43. The number of carbonyl (C=O) groups is 1. The second-order valence-electron chi connectivity index (χ2n) is 1.79. The predicted molar refractivity (Wildman–Crippen MR) is 48.9 cm³/mol. The number of hydrogen-bond acceptors (Lipinski definition) is 2. The lowest BCUT2D eigenvalue weighted by Gasteiger charge is -1.98. The Bertz CT molecular complexity index is 303. The zero-order valence-electron chi connectivity index (χ0n) is 5.21. The molecular weight excluding hydrogens is 280 g/mol. The summed E-state index contributed by atoms with van der Waals surface area (Å²) in [7, 11) is 0. The van der Waals surface area contributed by atoms with E-state index in [0.29, 0.717) is 8.59 Å². The van der Waals surface area contributed by atoms with E-state index in [0.717, 1.165) is 0 Å². The van der Waals surface area contributed by atoms with Gasteiger partial charge in [0.2, 0.25) is 0 Å². The number of aromatic nitrogens is 1. The van der Waals surface area contributed by atoms with E-state index >= 15 is 0 Å². The van der Waals surface area contributed by atoms with Crippen molar-refractivity contribution in [3.05, 3.63) is 26.5 Å². The fourth-order valence-corrected chi connectivity index (χ4v) is 1.24. The van der Waals surface area contributed by atoms with Crippen LogP contribution in [0.15, 0.2) is 12.4 Å². The Kier molecular flexibility index (Phi) is 2.67. The van der Waals surface area contributed by atoms with Crippen LogP contribution in [0, 0.1) is 3.57 Å². The summed E-state index contributed by atoms with van der Waals surface area (Å²) in [6.45, 7) is 0. The molecule has 0 atom stereocenters. The third-order valence-electron chi connectivity index (χ3n) is 1.07. The van der Waals surface area contributed by atoms with Gasteiger partial charge in [-0.3, -0.25) is 4.98 Å². The van der Waals surface area contributed by atoms with E-state index < -0.39 is 5.97 Å². The van der Waals surface area contributed by atoms with Gasteiger partial charge in [0.15, 0.2) is 0 Å². The fourth-order valence-electron chi connectivity index (χ4n) is 0.568. The molecule has 0 saturated carbocycles. The first kappa shape index (κ1) is 8.73. The van der Waals surface area contributed by atoms with Crippen LogP contribution in [0.25, 0.3) is 0 Å². The molecule has 0 aliphatic heterocycles. The minimum Gasteiger partial charge on any atom is -0.478 e. The highest BCUT2D eigenvalue weighted by Gasteiger charge is 2.10. The van der Waals surface area contributed by atoms with Gasteiger partial charge in [-0.25, -0.2) is 4.79 Å². The largest absolute Gasteiger partial charge is 0.478 e. The first-order valence-corrected chi connectivity index (χ1v) is 4.11. The van der Waals surface area contributed by atoms with Crippen molar-refractivity contribution in [2.75, 3.05) is 0 Å². The first-order valence-electron chi connectivity index (χ1n) is 2.65. The molecular formula is C6H3ClINO2. The van der Waals surface area contributed by atoms with Crippen molar-refractivity contribution >= 4 is 40.2 Å². The molecule has 0 saturated heterocycles. The summed E-state index contributed by atoms with van der Waals surface area (Å²) in [5.74, 6) is -1.01. The number of hydrogen-bond donors (Lipinski definition) is 1. The zero-order valence-corrected chi connectivity index (χ0v) is 8.13. The van der Waals surface area contributed by atoms with Gasteiger partial charge < -0.3 is 5.11 Å². The molecule has 0 spiro atoms. The van der Waals surface area contributed by atoms with E-state index in [4.69, 9.17) is 16.7 Å². The quantitative estimate of drug-likeness (QED) is 0.802. The third-order valence-corrected chi connectivity index (χ3v) is 2.84. The average Bonchev–Trinajstić information content (AvgIpc) is 1.94. The van der Waals surface area contributed by atoms with E-state index in [2.05, 4.69) is 4.98 Å². The van der Waals surface area contributed by atoms with Crippen LogP contribution in [0.4, 0.5) is 0 Å². The second kappa shape index (κ2) is 3.36. The highest BCUT2D eigenvalue weighted by Crippen LogP contribution is 2.20. The minimum absolute atomic E-state index is 0.137. The molecule has 0 fully saturated rings. The molecule has 1 aromatic heterocycles. The molecule has 11 heavy (non-hydrogen) atoms. The molecule has 0 bridgehead atoms. The third kappa shape index (κ3) is 1.81. The molecule has 1 rings (SSSR count). The van der Waals surface area contributed by atoms with Crippen LogP contribution < -0.4 is 0 Å². The highest BCUT2D eigenvalue weighted by atomic mass is 127. The SMILES string of the molecule is O=C(O)c1cncc(Cl)c1I. The number of halogens is 2. The maximum absolute atomic E-state index is 10.5. The van der Waals surface area contributed by atoms with Crippen molar-refractivity contribution in [3.8, 4) is 0 Å². The number of pyridine rings is 1. The summed E-state index contributed by atoms with van der Waals surface area (Å²) >= 11 is 7.49. The molecule has 5 heteroatoms. The molecule has 0 radical (unpaired) electrons. The lowest BCUT2D eigenvalue weighted by Crippen LogP contribution is -2.00. The summed E-state index contributed by atoms with van der Waals surface area (Å²) in [4.78, 5) is 14.1. The summed E-state index contributed by atoms with van der Waals surface area (Å²) in [6.07, 6.45) is 2.69. The molecule has 0 aromatic carbocycles. The Balaban J connectivity index is 3.27. The summed E-state index contributed by atoms with van der Waals surface area (Å²) in [5, 5.41) is 8.95. The summed E-state index contributed by atoms with van der Waals surface area (Å²) < 4.78 is 0.520. The van der Waals surface area contributed by atoms with Gasteiger partial charge in [0, 0.05) is 16.0 Å². The molecule has 1 aromatic rings. The Morgan fingerprint density at radius 1 is 1.64 bits per heavy atom. The number of carboxylic acid groups (broad SMARTS) is 1. The number of rotatable bonds is 1. The fraction of sp³-hybridized carbons (Fsp3) is 0. The number of aromatic carboxylic acids is 1. The van der Waals surface area contributed by atoms with Crippen molar-refractivity contribution in [2.24, 2.45) is 0 Å². The smallest absolute Gasteiger partial charge is 0.338 e. The molecule has 0 unspecified atom stereocenters. The van der Waals surface area contributed by atoms with Crippen molar-refractivity contribution in [1.29, 1.82) is 0 Å². The molecule has 3 nitrogen and oxygen atoms in total. The maximum atomic E-state index is 10.5. The van der Waals surface area contributed by atoms with E-state index in [1.54, 1.807) is 0 Å². The number of carboxylic acids is 1. The topological polar surface area (TPSA) is 50.2 Å². The normalized spacial score (nSPS) is 9.64. The van der Waals surface area contributed by atoms with Gasteiger partial charge in [0.05, 0.1) is 10.6 Å². The molecule has 0 aliphatic rings. The van der Waals surface area contributed by atoms with Gasteiger partial charge in [-0.15, -0.1) is 0 Å². The maximum Gasteiger partial charge on any atom is 0.338 e. The van der Waals surface area contributed by atoms with Crippen LogP contribution in [0.2, 0.25) is 5.02 Å². The molecule has 1 N–H and O–H groups in total. The second-order valence-corrected chi connectivity index (χ2v) is 3.27. The Hall–Kier alpha value is -0.360. The van der Waals surface area contributed by atoms with E-state index in [1.165, 1.54) is 12.4 Å². The van der Waals surface area contributed by atoms with Crippen molar-refractivity contribution < 1.29 is 9.90 Å². The molecule has 0 amide bonds. The average molecular weight is 283 g/mol. The van der Waals surface area contributed by atoms with Gasteiger partial charge in [-0.05, 0) is 22.6 Å². The first-order chi connectivity index (χ1) is 5.13. The van der Waals surface area contributed by atoms with Gasteiger partial charge in [-0.2, -0.15) is 0 Å². The monoisotopic (exact) mass is 283 g/mol. The molecule has 0 aliphatic carbocycles. The van der Waals surface area contributed by atoms with Crippen molar-refractivity contribution in [3.63, 3.8) is 0 Å². The van der Waals surface area contributed by atoms with Gasteiger partial charge in [0.1, 0.15) is 0 Å². The number of nitrogens with zero attached hydrogens (tertiary/aromatic N) is 1. The lowest BCUT2D eigenvalue weighted by atomic mass is 10.3. The van der Waals surface area contributed by atoms with E-state index in [1.807, 2.05) is 22.6 Å². The van der Waals surface area contributed by atoms with Crippen LogP contribution in [0.1, 0.15) is 10.4 Å². The van der Waals surface area contributed by atoms with Crippen molar-refractivity contribution in [1.82, 2.24) is 4.98 Å². The van der Waals surface area contributed by atoms with Crippen LogP contribution in [0.3, 0.4) is 0 Å². The van der Waals surface area contributed by atoms with Gasteiger partial charge in [-0.1, -0.05) is 11.6 Å². The molecule has 58 valence electrons. The summed E-state index contributed by atoms with van der Waals surface area (Å²) in [5.41, 5.74) is 0.137. The Morgan fingerprint density at radius 3 is 2.73 bits per heavy atom. The Morgan fingerprint density at radius 2 is 2.27 bits per heavy atom. The van der Waals surface area contributed by atoms with Gasteiger partial charge in [0.25, 0.3) is 0 Å². The van der Waals surface area contributed by atoms with E-state index in [-0.39, 0.29) is 5.56 Å². The lowest BCUT2D eigenvalue weighted by molar-refractivity contribution is 0.0695. The summed E-state index contributed by atoms with van der Waals surface area (Å²) in [6, 6.07) is 0. The van der Waals surface area contributed by atoms with Crippen molar-refractivity contribution in [2.45, 2.75) is 0 Å². The standard InChI is InChI=1S/C6H3ClINO2/c7-4-2-9-1-3(5(4)8)6(10)11/h1-2H,(H,10,11). The minimum atomic E-state index is -1.01. The van der Waals surface area contributed by atoms with Crippen LogP contribution in [-0.2, 0) is 0 Å². The van der Waals surface area contributed by atoms with Crippen LogP contribution >= 0.6 is 34.2 Å². The van der Waals surface area contributed by atoms with Crippen LogP contribution in [-0.4, -0.2) is 16.1 Å². The molecule has 1 heterocycles. The predicted octanol–water partition coefficient (Wildman–Crippen LogP) is 2.04. The van der Waals surface area contributed by atoms with E-state index in [9.17, 15) is 4.79 Å². The Labute approximate surface area is 81.5 Å². The highest BCUT2D eigenvalue weighted by molar-refractivity contribution is 14.1. The van der Waals surface area contributed by atoms with Crippen LogP contribution in [0.5, 0.6) is 0 Å². The van der Waals surface area contributed by atoms with Gasteiger partial charge >= 0.3 is 5.97 Å².